The van der Waals surface area contributed by atoms with Crippen molar-refractivity contribution < 1.29 is 14.3 Å². The van der Waals surface area contributed by atoms with Gasteiger partial charge >= 0.3 is 5.97 Å². The largest absolute Gasteiger partial charge is 0.492 e. The molecule has 0 saturated heterocycles. The molecule has 1 aromatic rings. The lowest BCUT2D eigenvalue weighted by molar-refractivity contribution is -0.140. The number of benzene rings is 1. The van der Waals surface area contributed by atoms with Gasteiger partial charge in [-0.25, -0.2) is 0 Å². The highest BCUT2D eigenvalue weighted by Crippen LogP contribution is 2.34. The molecule has 1 saturated carbocycles. The second-order valence-corrected chi connectivity index (χ2v) is 7.14. The van der Waals surface area contributed by atoms with Gasteiger partial charge in [-0.3, -0.25) is 4.79 Å². The third kappa shape index (κ3) is 5.47. The third-order valence-electron chi connectivity index (χ3n) is 5.33. The molecule has 0 aliphatic heterocycles. The SMILES string of the molecule is CCCCCOc1ccc(OC(=O)C2CCC(CC)CC2)c(C#N)c1C#N. The van der Waals surface area contributed by atoms with Crippen LogP contribution in [0.1, 0.15) is 76.3 Å². The molecule has 0 aromatic heterocycles. The van der Waals surface area contributed by atoms with E-state index < -0.39 is 0 Å². The summed E-state index contributed by atoms with van der Waals surface area (Å²) in [6, 6.07) is 7.20. The Morgan fingerprint density at radius 1 is 1.04 bits per heavy atom. The Morgan fingerprint density at radius 2 is 1.67 bits per heavy atom. The average molecular weight is 368 g/mol. The van der Waals surface area contributed by atoms with Crippen molar-refractivity contribution in [3.63, 3.8) is 0 Å². The molecule has 1 fully saturated rings. The summed E-state index contributed by atoms with van der Waals surface area (Å²) in [5, 5.41) is 19.0. The van der Waals surface area contributed by atoms with Gasteiger partial charge in [0.2, 0.25) is 0 Å². The first-order valence-corrected chi connectivity index (χ1v) is 9.96. The summed E-state index contributed by atoms with van der Waals surface area (Å²) >= 11 is 0. The molecular weight excluding hydrogens is 340 g/mol. The number of ether oxygens (including phenoxy) is 2. The summed E-state index contributed by atoms with van der Waals surface area (Å²) in [5.41, 5.74) is 0.204. The molecule has 5 nitrogen and oxygen atoms in total. The van der Waals surface area contributed by atoms with Crippen LogP contribution in [0.5, 0.6) is 11.5 Å². The summed E-state index contributed by atoms with van der Waals surface area (Å²) in [6.07, 6.45) is 7.87. The van der Waals surface area contributed by atoms with Crippen molar-refractivity contribution in [1.82, 2.24) is 0 Å². The van der Waals surface area contributed by atoms with Crippen LogP contribution in [0.2, 0.25) is 0 Å². The molecule has 1 aliphatic rings. The van der Waals surface area contributed by atoms with Gasteiger partial charge in [-0.1, -0.05) is 33.1 Å². The molecule has 5 heteroatoms. The lowest BCUT2D eigenvalue weighted by atomic mass is 9.81. The Hall–Kier alpha value is -2.53. The Bertz CT molecular complexity index is 722. The van der Waals surface area contributed by atoms with Gasteiger partial charge in [-0.2, -0.15) is 10.5 Å². The number of carbonyl (C=O) groups is 1. The number of hydrogen-bond donors (Lipinski definition) is 0. The average Bonchev–Trinajstić information content (AvgIpc) is 2.71. The Balaban J connectivity index is 2.09. The van der Waals surface area contributed by atoms with Crippen LogP contribution in [0.15, 0.2) is 12.1 Å². The van der Waals surface area contributed by atoms with E-state index in [2.05, 4.69) is 13.8 Å². The Labute approximate surface area is 161 Å². The number of carbonyl (C=O) groups excluding carboxylic acids is 1. The van der Waals surface area contributed by atoms with Gasteiger partial charge in [0, 0.05) is 0 Å². The minimum absolute atomic E-state index is 0.0704. The van der Waals surface area contributed by atoms with Gasteiger partial charge in [0.15, 0.2) is 0 Å². The minimum Gasteiger partial charge on any atom is -0.492 e. The summed E-state index contributed by atoms with van der Waals surface area (Å²) in [5.74, 6) is 0.778. The highest BCUT2D eigenvalue weighted by atomic mass is 16.5. The van der Waals surface area contributed by atoms with Crippen molar-refractivity contribution >= 4 is 5.97 Å². The maximum atomic E-state index is 12.5. The van der Waals surface area contributed by atoms with Gasteiger partial charge in [-0.15, -0.1) is 0 Å². The van der Waals surface area contributed by atoms with Gasteiger partial charge in [-0.05, 0) is 50.2 Å². The molecule has 2 rings (SSSR count). The summed E-state index contributed by atoms with van der Waals surface area (Å²) < 4.78 is 11.2. The zero-order chi connectivity index (χ0) is 19.6. The van der Waals surface area contributed by atoms with E-state index >= 15 is 0 Å². The van der Waals surface area contributed by atoms with Crippen LogP contribution in [0.4, 0.5) is 0 Å². The Morgan fingerprint density at radius 3 is 2.26 bits per heavy atom. The fraction of sp³-hybridized carbons (Fsp3) is 0.591. The predicted octanol–water partition coefficient (Wildman–Crippen LogP) is 5.12. The molecule has 1 aliphatic carbocycles. The second kappa shape index (κ2) is 10.6. The van der Waals surface area contributed by atoms with E-state index in [4.69, 9.17) is 9.47 Å². The number of hydrogen-bond acceptors (Lipinski definition) is 5. The van der Waals surface area contributed by atoms with Crippen molar-refractivity contribution in [3.8, 4) is 23.6 Å². The standard InChI is InChI=1S/C22H28N2O3/c1-3-5-6-13-26-20-11-12-21(19(15-24)18(20)14-23)27-22(25)17-9-7-16(4-2)8-10-17/h11-12,16-17H,3-10,13H2,1-2H3. The van der Waals surface area contributed by atoms with Crippen molar-refractivity contribution in [3.05, 3.63) is 23.3 Å². The molecular formula is C22H28N2O3. The molecule has 0 radical (unpaired) electrons. The fourth-order valence-corrected chi connectivity index (χ4v) is 3.52. The molecule has 144 valence electrons. The third-order valence-corrected chi connectivity index (χ3v) is 5.33. The number of nitrogens with zero attached hydrogens (tertiary/aromatic N) is 2. The molecule has 27 heavy (non-hydrogen) atoms. The monoisotopic (exact) mass is 368 g/mol. The predicted molar refractivity (Wildman–Crippen MR) is 102 cm³/mol. The fourth-order valence-electron chi connectivity index (χ4n) is 3.52. The van der Waals surface area contributed by atoms with E-state index in [1.165, 1.54) is 0 Å². The number of rotatable bonds is 8. The van der Waals surface area contributed by atoms with Gasteiger partial charge in [0.25, 0.3) is 0 Å². The van der Waals surface area contributed by atoms with Crippen LogP contribution in [0, 0.1) is 34.5 Å². The summed E-state index contributed by atoms with van der Waals surface area (Å²) in [7, 11) is 0. The van der Waals surface area contributed by atoms with Crippen LogP contribution in [0.3, 0.4) is 0 Å². The molecule has 0 heterocycles. The lowest BCUT2D eigenvalue weighted by Gasteiger charge is -2.26. The summed E-state index contributed by atoms with van der Waals surface area (Å²) in [4.78, 5) is 12.5. The molecule has 0 N–H and O–H groups in total. The second-order valence-electron chi connectivity index (χ2n) is 7.14. The van der Waals surface area contributed by atoms with Crippen LogP contribution >= 0.6 is 0 Å². The van der Waals surface area contributed by atoms with Crippen molar-refractivity contribution in [1.29, 1.82) is 10.5 Å². The zero-order valence-corrected chi connectivity index (χ0v) is 16.3. The van der Waals surface area contributed by atoms with Crippen LogP contribution < -0.4 is 9.47 Å². The molecule has 0 unspecified atom stereocenters. The van der Waals surface area contributed by atoms with Crippen molar-refractivity contribution in [2.24, 2.45) is 11.8 Å². The van der Waals surface area contributed by atoms with Crippen molar-refractivity contribution in [2.75, 3.05) is 6.61 Å². The van der Waals surface area contributed by atoms with Crippen LogP contribution in [0.25, 0.3) is 0 Å². The molecule has 0 bridgehead atoms. The topological polar surface area (TPSA) is 83.1 Å². The highest BCUT2D eigenvalue weighted by Gasteiger charge is 2.28. The normalized spacial score (nSPS) is 19.0. The maximum absolute atomic E-state index is 12.5. The first kappa shape index (κ1) is 20.8. The molecule has 0 atom stereocenters. The van der Waals surface area contributed by atoms with E-state index in [-0.39, 0.29) is 28.8 Å². The lowest BCUT2D eigenvalue weighted by Crippen LogP contribution is -2.25. The quantitative estimate of drug-likeness (QED) is 0.361. The summed E-state index contributed by atoms with van der Waals surface area (Å²) in [6.45, 7) is 4.78. The van der Waals surface area contributed by atoms with E-state index in [9.17, 15) is 15.3 Å². The smallest absolute Gasteiger partial charge is 0.314 e. The first-order chi connectivity index (χ1) is 13.1. The van der Waals surface area contributed by atoms with E-state index in [1.54, 1.807) is 12.1 Å². The van der Waals surface area contributed by atoms with E-state index in [0.717, 1.165) is 51.4 Å². The Kier molecular flexibility index (Phi) is 8.14. The number of unbranched alkanes of at least 4 members (excludes halogenated alkanes) is 2. The van der Waals surface area contributed by atoms with Gasteiger partial charge in [0.1, 0.15) is 34.8 Å². The van der Waals surface area contributed by atoms with Gasteiger partial charge in [0.05, 0.1) is 12.5 Å². The molecule has 0 spiro atoms. The van der Waals surface area contributed by atoms with Gasteiger partial charge < -0.3 is 9.47 Å². The highest BCUT2D eigenvalue weighted by molar-refractivity contribution is 5.77. The number of esters is 1. The molecule has 0 amide bonds. The van der Waals surface area contributed by atoms with Crippen LogP contribution in [-0.4, -0.2) is 12.6 Å². The maximum Gasteiger partial charge on any atom is 0.314 e. The minimum atomic E-state index is -0.304. The first-order valence-electron chi connectivity index (χ1n) is 9.96. The molecule has 1 aromatic carbocycles. The van der Waals surface area contributed by atoms with E-state index in [1.807, 2.05) is 12.1 Å². The zero-order valence-electron chi connectivity index (χ0n) is 16.3. The van der Waals surface area contributed by atoms with Crippen LogP contribution in [-0.2, 0) is 4.79 Å². The van der Waals surface area contributed by atoms with E-state index in [0.29, 0.717) is 18.3 Å². The van der Waals surface area contributed by atoms with Crippen molar-refractivity contribution in [2.45, 2.75) is 65.2 Å². The number of nitriles is 2.